The highest BCUT2D eigenvalue weighted by Crippen LogP contribution is 2.22. The van der Waals surface area contributed by atoms with Gasteiger partial charge in [0.05, 0.1) is 5.75 Å². The number of hydrogen-bond acceptors (Lipinski definition) is 3. The van der Waals surface area contributed by atoms with Crippen molar-refractivity contribution in [2.45, 2.75) is 18.7 Å². The summed E-state index contributed by atoms with van der Waals surface area (Å²) in [6, 6.07) is 18.2. The first kappa shape index (κ1) is 20.1. The molecule has 0 fully saturated rings. The zero-order chi connectivity index (χ0) is 20.0. The van der Waals surface area contributed by atoms with Gasteiger partial charge in [0.15, 0.2) is 15.8 Å². The highest BCUT2D eigenvalue weighted by atomic mass is 32.2. The SMILES string of the molecule is CN=C(NCc1ccc(CS(C)(=O)=O)cc1)N1CC=C(c2ccccc2)CC1. The standard InChI is InChI=1S/C22H27N3O2S/c1-23-22(24-16-18-8-10-19(11-9-18)17-28(2,26)27)25-14-12-21(13-15-25)20-6-4-3-5-7-20/h3-12H,13-17H2,1-2H3,(H,23,24). The van der Waals surface area contributed by atoms with E-state index in [4.69, 9.17) is 0 Å². The van der Waals surface area contributed by atoms with E-state index in [-0.39, 0.29) is 5.75 Å². The number of hydrogen-bond donors (Lipinski definition) is 1. The molecule has 0 radical (unpaired) electrons. The van der Waals surface area contributed by atoms with Crippen molar-refractivity contribution >= 4 is 21.4 Å². The topological polar surface area (TPSA) is 61.8 Å². The monoisotopic (exact) mass is 397 g/mol. The van der Waals surface area contributed by atoms with Gasteiger partial charge in [-0.25, -0.2) is 8.42 Å². The summed E-state index contributed by atoms with van der Waals surface area (Å²) in [5, 5.41) is 3.41. The smallest absolute Gasteiger partial charge is 0.194 e. The predicted octanol–water partition coefficient (Wildman–Crippen LogP) is 3.10. The van der Waals surface area contributed by atoms with Gasteiger partial charge in [-0.2, -0.15) is 0 Å². The van der Waals surface area contributed by atoms with Gasteiger partial charge in [-0.15, -0.1) is 0 Å². The normalized spacial score (nSPS) is 15.3. The van der Waals surface area contributed by atoms with Crippen molar-refractivity contribution in [1.82, 2.24) is 10.2 Å². The maximum Gasteiger partial charge on any atom is 0.194 e. The van der Waals surface area contributed by atoms with Gasteiger partial charge in [-0.1, -0.05) is 60.7 Å². The molecule has 0 amide bonds. The van der Waals surface area contributed by atoms with Crippen LogP contribution in [0, 0.1) is 0 Å². The maximum atomic E-state index is 11.4. The van der Waals surface area contributed by atoms with Crippen LogP contribution in [0.25, 0.3) is 5.57 Å². The number of guanidine groups is 1. The third-order valence-corrected chi connectivity index (χ3v) is 5.63. The van der Waals surface area contributed by atoms with Crippen LogP contribution in [0.15, 0.2) is 65.7 Å². The van der Waals surface area contributed by atoms with Crippen molar-refractivity contribution in [3.63, 3.8) is 0 Å². The molecular weight excluding hydrogens is 370 g/mol. The molecule has 0 saturated heterocycles. The highest BCUT2D eigenvalue weighted by molar-refractivity contribution is 7.89. The molecule has 0 spiro atoms. The molecule has 0 atom stereocenters. The Kier molecular flexibility index (Phi) is 6.52. The average molecular weight is 398 g/mol. The van der Waals surface area contributed by atoms with Crippen LogP contribution in [0.2, 0.25) is 0 Å². The Balaban J connectivity index is 1.56. The summed E-state index contributed by atoms with van der Waals surface area (Å²) in [6.45, 7) is 2.41. The van der Waals surface area contributed by atoms with E-state index in [9.17, 15) is 8.42 Å². The Morgan fingerprint density at radius 1 is 1.07 bits per heavy atom. The minimum Gasteiger partial charge on any atom is -0.352 e. The molecule has 28 heavy (non-hydrogen) atoms. The Labute approximate surface area is 167 Å². The van der Waals surface area contributed by atoms with E-state index in [1.807, 2.05) is 30.3 Å². The van der Waals surface area contributed by atoms with Gasteiger partial charge < -0.3 is 10.2 Å². The van der Waals surface area contributed by atoms with Gasteiger partial charge >= 0.3 is 0 Å². The molecule has 148 valence electrons. The minimum atomic E-state index is -3.01. The minimum absolute atomic E-state index is 0.0756. The molecule has 1 aliphatic heterocycles. The molecule has 6 heteroatoms. The van der Waals surface area contributed by atoms with E-state index in [1.54, 1.807) is 7.05 Å². The summed E-state index contributed by atoms with van der Waals surface area (Å²) in [4.78, 5) is 6.65. The number of sulfone groups is 1. The molecule has 0 aromatic heterocycles. The van der Waals surface area contributed by atoms with Gasteiger partial charge in [0.2, 0.25) is 0 Å². The lowest BCUT2D eigenvalue weighted by molar-refractivity contribution is 0.440. The number of rotatable bonds is 5. The molecule has 0 aliphatic carbocycles. The Bertz CT molecular complexity index is 949. The molecule has 0 bridgehead atoms. The number of nitrogens with zero attached hydrogens (tertiary/aromatic N) is 2. The van der Waals surface area contributed by atoms with Gasteiger partial charge in [-0.3, -0.25) is 4.99 Å². The summed E-state index contributed by atoms with van der Waals surface area (Å²) < 4.78 is 22.8. The van der Waals surface area contributed by atoms with Gasteiger partial charge in [0.25, 0.3) is 0 Å². The number of benzene rings is 2. The van der Waals surface area contributed by atoms with E-state index < -0.39 is 9.84 Å². The van der Waals surface area contributed by atoms with E-state index in [0.29, 0.717) is 6.54 Å². The van der Waals surface area contributed by atoms with Crippen molar-refractivity contribution in [3.8, 4) is 0 Å². The first-order chi connectivity index (χ1) is 13.4. The lowest BCUT2D eigenvalue weighted by Crippen LogP contribution is -2.43. The van der Waals surface area contributed by atoms with Crippen LogP contribution in [-0.4, -0.2) is 45.7 Å². The second-order valence-corrected chi connectivity index (χ2v) is 9.22. The van der Waals surface area contributed by atoms with Gasteiger partial charge in [-0.05, 0) is 28.7 Å². The average Bonchev–Trinajstić information content (AvgIpc) is 2.70. The fourth-order valence-electron chi connectivity index (χ4n) is 3.35. The Hall–Kier alpha value is -2.60. The number of aliphatic imine (C=N–C) groups is 1. The maximum absolute atomic E-state index is 11.4. The molecule has 1 aliphatic rings. The molecule has 0 unspecified atom stereocenters. The highest BCUT2D eigenvalue weighted by Gasteiger charge is 2.16. The van der Waals surface area contributed by atoms with Crippen molar-refractivity contribution in [3.05, 3.63) is 77.4 Å². The van der Waals surface area contributed by atoms with Crippen molar-refractivity contribution in [1.29, 1.82) is 0 Å². The van der Waals surface area contributed by atoms with Crippen molar-refractivity contribution in [2.24, 2.45) is 4.99 Å². The molecule has 2 aromatic rings. The molecule has 0 saturated carbocycles. The summed E-state index contributed by atoms with van der Waals surface area (Å²) in [5.74, 6) is 0.954. The molecule has 5 nitrogen and oxygen atoms in total. The summed E-state index contributed by atoms with van der Waals surface area (Å²) in [6.07, 6.45) is 4.51. The van der Waals surface area contributed by atoms with E-state index in [2.05, 4.69) is 45.6 Å². The number of nitrogens with one attached hydrogen (secondary N) is 1. The lowest BCUT2D eigenvalue weighted by Gasteiger charge is -2.29. The first-order valence-electron chi connectivity index (χ1n) is 9.40. The Morgan fingerprint density at radius 2 is 1.75 bits per heavy atom. The van der Waals surface area contributed by atoms with Crippen LogP contribution in [-0.2, 0) is 22.1 Å². The molecule has 2 aromatic carbocycles. The Morgan fingerprint density at radius 3 is 2.32 bits per heavy atom. The summed E-state index contributed by atoms with van der Waals surface area (Å²) in [7, 11) is -1.21. The van der Waals surface area contributed by atoms with Gasteiger partial charge in [0, 0.05) is 32.9 Å². The summed E-state index contributed by atoms with van der Waals surface area (Å²) in [5.41, 5.74) is 4.58. The van der Waals surface area contributed by atoms with Crippen molar-refractivity contribution in [2.75, 3.05) is 26.4 Å². The quantitative estimate of drug-likeness (QED) is 0.622. The fourth-order valence-corrected chi connectivity index (χ4v) is 4.14. The first-order valence-corrected chi connectivity index (χ1v) is 11.5. The van der Waals surface area contributed by atoms with Crippen LogP contribution >= 0.6 is 0 Å². The predicted molar refractivity (Wildman–Crippen MR) is 116 cm³/mol. The zero-order valence-electron chi connectivity index (χ0n) is 16.4. The third-order valence-electron chi connectivity index (χ3n) is 4.77. The summed E-state index contributed by atoms with van der Waals surface area (Å²) >= 11 is 0. The molecule has 1 heterocycles. The van der Waals surface area contributed by atoms with Crippen molar-refractivity contribution < 1.29 is 8.42 Å². The van der Waals surface area contributed by atoms with Crippen LogP contribution in [0.3, 0.4) is 0 Å². The molecule has 3 rings (SSSR count). The largest absolute Gasteiger partial charge is 0.352 e. The fraction of sp³-hybridized carbons (Fsp3) is 0.318. The van der Waals surface area contributed by atoms with Crippen LogP contribution in [0.5, 0.6) is 0 Å². The second-order valence-electron chi connectivity index (χ2n) is 7.08. The van der Waals surface area contributed by atoms with E-state index >= 15 is 0 Å². The van der Waals surface area contributed by atoms with Gasteiger partial charge in [0.1, 0.15) is 0 Å². The van der Waals surface area contributed by atoms with E-state index in [0.717, 1.165) is 36.6 Å². The third kappa shape index (κ3) is 5.70. The van der Waals surface area contributed by atoms with Crippen LogP contribution < -0.4 is 5.32 Å². The van der Waals surface area contributed by atoms with Crippen LogP contribution in [0.1, 0.15) is 23.1 Å². The zero-order valence-corrected chi connectivity index (χ0v) is 17.2. The molecule has 1 N–H and O–H groups in total. The second kappa shape index (κ2) is 9.06. The molecular formula is C22H27N3O2S. The lowest BCUT2D eigenvalue weighted by atomic mass is 10.00. The van der Waals surface area contributed by atoms with E-state index in [1.165, 1.54) is 17.4 Å². The van der Waals surface area contributed by atoms with Crippen LogP contribution in [0.4, 0.5) is 0 Å².